The lowest BCUT2D eigenvalue weighted by Gasteiger charge is -2.16. The van der Waals surface area contributed by atoms with Gasteiger partial charge in [0.15, 0.2) is 0 Å². The van der Waals surface area contributed by atoms with Gasteiger partial charge >= 0.3 is 0 Å². The van der Waals surface area contributed by atoms with Crippen molar-refractivity contribution in [3.8, 4) is 5.75 Å². The molecule has 1 atom stereocenters. The van der Waals surface area contributed by atoms with E-state index in [0.29, 0.717) is 11.8 Å². The second-order valence-electron chi connectivity index (χ2n) is 4.63. The smallest absolute Gasteiger partial charge is 0.119 e. The maximum absolute atomic E-state index is 9.78. The molecule has 2 aliphatic rings. The summed E-state index contributed by atoms with van der Waals surface area (Å²) in [4.78, 5) is 0. The lowest BCUT2D eigenvalue weighted by Crippen LogP contribution is -2.14. The van der Waals surface area contributed by atoms with Crippen LogP contribution in [0, 0.1) is 0 Å². The largest absolute Gasteiger partial charge is 0.508 e. The number of rotatable bonds is 1. The van der Waals surface area contributed by atoms with Crippen molar-refractivity contribution >= 4 is 0 Å². The van der Waals surface area contributed by atoms with Crippen LogP contribution in [0.25, 0.3) is 0 Å². The van der Waals surface area contributed by atoms with E-state index in [9.17, 15) is 5.11 Å². The van der Waals surface area contributed by atoms with Gasteiger partial charge in [-0.2, -0.15) is 0 Å². The molecule has 0 saturated carbocycles. The molecule has 0 amide bonds. The van der Waals surface area contributed by atoms with Gasteiger partial charge in [0.2, 0.25) is 0 Å². The third kappa shape index (κ3) is 1.44. The van der Waals surface area contributed by atoms with Crippen LogP contribution in [-0.2, 0) is 12.8 Å². The average molecular weight is 203 g/mol. The first-order valence-corrected chi connectivity index (χ1v) is 5.93. The van der Waals surface area contributed by atoms with Crippen molar-refractivity contribution in [2.24, 2.45) is 0 Å². The Hall–Kier alpha value is -1.02. The van der Waals surface area contributed by atoms with Crippen LogP contribution in [0.5, 0.6) is 5.75 Å². The quantitative estimate of drug-likeness (QED) is 0.734. The van der Waals surface area contributed by atoms with E-state index in [-0.39, 0.29) is 0 Å². The molecule has 3 rings (SSSR count). The zero-order chi connectivity index (χ0) is 10.3. The zero-order valence-corrected chi connectivity index (χ0v) is 8.92. The van der Waals surface area contributed by atoms with Gasteiger partial charge in [-0.3, -0.25) is 0 Å². The normalized spacial score (nSPS) is 24.4. The van der Waals surface area contributed by atoms with Gasteiger partial charge in [-0.25, -0.2) is 0 Å². The van der Waals surface area contributed by atoms with Crippen molar-refractivity contribution in [2.75, 3.05) is 6.54 Å². The lowest BCUT2D eigenvalue weighted by atomic mass is 9.96. The molecular formula is C13H17NO. The molecule has 0 spiro atoms. The lowest BCUT2D eigenvalue weighted by molar-refractivity contribution is 0.468. The second kappa shape index (κ2) is 3.53. The van der Waals surface area contributed by atoms with E-state index in [4.69, 9.17) is 0 Å². The number of hydrogen-bond donors (Lipinski definition) is 2. The Morgan fingerprint density at radius 2 is 2.00 bits per heavy atom. The van der Waals surface area contributed by atoms with Crippen LogP contribution in [0.1, 0.15) is 42.0 Å². The summed E-state index contributed by atoms with van der Waals surface area (Å²) < 4.78 is 0. The number of aromatic hydroxyl groups is 1. The highest BCUT2D eigenvalue weighted by molar-refractivity contribution is 5.48. The van der Waals surface area contributed by atoms with Gasteiger partial charge in [0.25, 0.3) is 0 Å². The van der Waals surface area contributed by atoms with E-state index in [1.807, 2.05) is 6.07 Å². The zero-order valence-electron chi connectivity index (χ0n) is 8.92. The fraction of sp³-hybridized carbons (Fsp3) is 0.538. The topological polar surface area (TPSA) is 32.3 Å². The third-order valence-corrected chi connectivity index (χ3v) is 3.73. The summed E-state index contributed by atoms with van der Waals surface area (Å²) in [6.07, 6.45) is 5.93. The van der Waals surface area contributed by atoms with Gasteiger partial charge in [0.1, 0.15) is 5.75 Å². The van der Waals surface area contributed by atoms with Crippen molar-refractivity contribution in [1.29, 1.82) is 0 Å². The van der Waals surface area contributed by atoms with E-state index in [1.54, 1.807) is 0 Å². The molecule has 1 aliphatic carbocycles. The molecule has 15 heavy (non-hydrogen) atoms. The van der Waals surface area contributed by atoms with Crippen LogP contribution in [0.2, 0.25) is 0 Å². The highest BCUT2D eigenvalue weighted by atomic mass is 16.3. The summed E-state index contributed by atoms with van der Waals surface area (Å²) in [7, 11) is 0. The van der Waals surface area contributed by atoms with Crippen LogP contribution in [-0.4, -0.2) is 11.7 Å². The maximum Gasteiger partial charge on any atom is 0.119 e. The molecule has 0 radical (unpaired) electrons. The van der Waals surface area contributed by atoms with Crippen molar-refractivity contribution < 1.29 is 5.11 Å². The molecule has 0 unspecified atom stereocenters. The predicted molar refractivity (Wildman–Crippen MR) is 60.1 cm³/mol. The number of fused-ring (bicyclic) bond motifs is 1. The van der Waals surface area contributed by atoms with Gasteiger partial charge < -0.3 is 10.4 Å². The highest BCUT2D eigenvalue weighted by Gasteiger charge is 2.24. The predicted octanol–water partition coefficient (Wildman–Crippen LogP) is 2.31. The minimum Gasteiger partial charge on any atom is -0.508 e. The first-order valence-electron chi connectivity index (χ1n) is 5.93. The first-order chi connectivity index (χ1) is 7.36. The SMILES string of the molecule is Oc1ccc([C@@H]2CCCN2)c2c1CCC2. The number of hydrogen-bond acceptors (Lipinski definition) is 2. The summed E-state index contributed by atoms with van der Waals surface area (Å²) in [5.74, 6) is 0.504. The molecule has 1 fully saturated rings. The molecule has 80 valence electrons. The van der Waals surface area contributed by atoms with Crippen LogP contribution >= 0.6 is 0 Å². The molecule has 1 saturated heterocycles. The molecule has 0 aromatic heterocycles. The number of phenols is 1. The molecule has 1 heterocycles. The van der Waals surface area contributed by atoms with Crippen LogP contribution in [0.15, 0.2) is 12.1 Å². The van der Waals surface area contributed by atoms with Crippen molar-refractivity contribution in [2.45, 2.75) is 38.1 Å². The van der Waals surface area contributed by atoms with Gasteiger partial charge in [0, 0.05) is 6.04 Å². The summed E-state index contributed by atoms with van der Waals surface area (Å²) in [6.45, 7) is 1.14. The molecule has 1 aliphatic heterocycles. The van der Waals surface area contributed by atoms with Crippen molar-refractivity contribution in [1.82, 2.24) is 5.32 Å². The van der Waals surface area contributed by atoms with E-state index >= 15 is 0 Å². The van der Waals surface area contributed by atoms with Gasteiger partial charge in [-0.15, -0.1) is 0 Å². The van der Waals surface area contributed by atoms with E-state index in [1.165, 1.54) is 36.0 Å². The van der Waals surface area contributed by atoms with Crippen LogP contribution in [0.4, 0.5) is 0 Å². The van der Waals surface area contributed by atoms with E-state index < -0.39 is 0 Å². The Morgan fingerprint density at radius 1 is 1.13 bits per heavy atom. The molecule has 1 aromatic rings. The Morgan fingerprint density at radius 3 is 2.80 bits per heavy atom. The molecule has 0 bridgehead atoms. The Bertz CT molecular complexity index is 380. The highest BCUT2D eigenvalue weighted by Crippen LogP contribution is 2.37. The summed E-state index contributed by atoms with van der Waals surface area (Å²) in [6, 6.07) is 4.53. The molecular weight excluding hydrogens is 186 g/mol. The molecule has 1 aromatic carbocycles. The van der Waals surface area contributed by atoms with Crippen LogP contribution in [0.3, 0.4) is 0 Å². The Balaban J connectivity index is 2.04. The van der Waals surface area contributed by atoms with Crippen LogP contribution < -0.4 is 5.32 Å². The maximum atomic E-state index is 9.78. The standard InChI is InChI=1S/C13H17NO/c15-13-7-6-10(12-5-2-8-14-12)9-3-1-4-11(9)13/h6-7,12,14-15H,1-5,8H2/t12-/m0/s1. The van der Waals surface area contributed by atoms with Gasteiger partial charge in [-0.05, 0) is 61.4 Å². The fourth-order valence-corrected chi connectivity index (χ4v) is 2.99. The van der Waals surface area contributed by atoms with Crippen molar-refractivity contribution in [3.05, 3.63) is 28.8 Å². The average Bonchev–Trinajstić information content (AvgIpc) is 2.88. The molecule has 2 heteroatoms. The van der Waals surface area contributed by atoms with E-state index in [2.05, 4.69) is 11.4 Å². The van der Waals surface area contributed by atoms with Gasteiger partial charge in [0.05, 0.1) is 0 Å². The molecule has 2 nitrogen and oxygen atoms in total. The van der Waals surface area contributed by atoms with Crippen molar-refractivity contribution in [3.63, 3.8) is 0 Å². The number of phenolic OH excluding ortho intramolecular Hbond substituents is 1. The van der Waals surface area contributed by atoms with Gasteiger partial charge in [-0.1, -0.05) is 6.07 Å². The monoisotopic (exact) mass is 203 g/mol. The number of nitrogens with one attached hydrogen (secondary N) is 1. The minimum atomic E-state index is 0.504. The molecule has 2 N–H and O–H groups in total. The summed E-state index contributed by atoms with van der Waals surface area (Å²) in [5, 5.41) is 13.3. The first kappa shape index (κ1) is 9.22. The summed E-state index contributed by atoms with van der Waals surface area (Å²) in [5.41, 5.74) is 4.08. The second-order valence-corrected chi connectivity index (χ2v) is 4.63. The minimum absolute atomic E-state index is 0.504. The Kier molecular flexibility index (Phi) is 2.17. The Labute approximate surface area is 90.3 Å². The fourth-order valence-electron chi connectivity index (χ4n) is 2.99. The summed E-state index contributed by atoms with van der Waals surface area (Å²) >= 11 is 0. The third-order valence-electron chi connectivity index (χ3n) is 3.73. The number of benzene rings is 1. The van der Waals surface area contributed by atoms with E-state index in [0.717, 1.165) is 19.4 Å².